The van der Waals surface area contributed by atoms with Crippen molar-refractivity contribution in [2.45, 2.75) is 6.92 Å². The standard InChI is InChI=1S/C16H19N3/c1-12-9-10-15(19(2)3)14(11-12)16(18-17)13-7-5-4-6-8-13/h4-11H,17H2,1-3H3/b18-16+. The number of hydrogen-bond acceptors (Lipinski definition) is 3. The van der Waals surface area contributed by atoms with Crippen molar-refractivity contribution in [2.24, 2.45) is 10.9 Å². The van der Waals surface area contributed by atoms with Crippen molar-refractivity contribution in [1.29, 1.82) is 0 Å². The third-order valence-electron chi connectivity index (χ3n) is 3.07. The molecule has 0 spiro atoms. The van der Waals surface area contributed by atoms with Crippen LogP contribution >= 0.6 is 0 Å². The molecule has 3 nitrogen and oxygen atoms in total. The van der Waals surface area contributed by atoms with E-state index in [1.54, 1.807) is 0 Å². The molecule has 0 bridgehead atoms. The van der Waals surface area contributed by atoms with E-state index in [-0.39, 0.29) is 0 Å². The minimum atomic E-state index is 0.813. The average molecular weight is 253 g/mol. The van der Waals surface area contributed by atoms with Crippen LogP contribution in [0.1, 0.15) is 16.7 Å². The van der Waals surface area contributed by atoms with Crippen LogP contribution in [0.25, 0.3) is 0 Å². The number of nitrogens with zero attached hydrogens (tertiary/aromatic N) is 2. The number of nitrogens with two attached hydrogens (primary N) is 1. The summed E-state index contributed by atoms with van der Waals surface area (Å²) >= 11 is 0. The van der Waals surface area contributed by atoms with Crippen LogP contribution in [0.3, 0.4) is 0 Å². The summed E-state index contributed by atoms with van der Waals surface area (Å²) in [6, 6.07) is 16.3. The topological polar surface area (TPSA) is 41.6 Å². The highest BCUT2D eigenvalue weighted by Gasteiger charge is 2.13. The number of anilines is 1. The molecule has 0 saturated heterocycles. The van der Waals surface area contributed by atoms with E-state index < -0.39 is 0 Å². The van der Waals surface area contributed by atoms with Gasteiger partial charge in [-0.05, 0) is 19.1 Å². The third-order valence-corrected chi connectivity index (χ3v) is 3.07. The van der Waals surface area contributed by atoms with Gasteiger partial charge in [-0.25, -0.2) is 0 Å². The normalized spacial score (nSPS) is 11.4. The third kappa shape index (κ3) is 2.76. The highest BCUT2D eigenvalue weighted by molar-refractivity contribution is 6.15. The zero-order valence-electron chi connectivity index (χ0n) is 11.6. The van der Waals surface area contributed by atoms with Crippen LogP contribution in [0, 0.1) is 6.92 Å². The smallest absolute Gasteiger partial charge is 0.0992 e. The maximum absolute atomic E-state index is 5.63. The van der Waals surface area contributed by atoms with Crippen molar-refractivity contribution in [3.05, 3.63) is 65.2 Å². The molecule has 0 aliphatic rings. The van der Waals surface area contributed by atoms with Crippen LogP contribution in [-0.4, -0.2) is 19.8 Å². The Hall–Kier alpha value is -2.29. The van der Waals surface area contributed by atoms with E-state index in [0.717, 1.165) is 22.5 Å². The van der Waals surface area contributed by atoms with E-state index in [4.69, 9.17) is 5.84 Å². The lowest BCUT2D eigenvalue weighted by molar-refractivity contribution is 1.12. The number of rotatable bonds is 3. The summed E-state index contributed by atoms with van der Waals surface area (Å²) in [4.78, 5) is 2.07. The van der Waals surface area contributed by atoms with Gasteiger partial charge in [0.15, 0.2) is 0 Å². The van der Waals surface area contributed by atoms with Gasteiger partial charge in [0.05, 0.1) is 5.71 Å². The highest BCUT2D eigenvalue weighted by Crippen LogP contribution is 2.23. The number of aryl methyl sites for hydroxylation is 1. The fourth-order valence-electron chi connectivity index (χ4n) is 2.13. The zero-order valence-corrected chi connectivity index (χ0v) is 11.6. The summed E-state index contributed by atoms with van der Waals surface area (Å²) in [5, 5.41) is 4.00. The summed E-state index contributed by atoms with van der Waals surface area (Å²) in [5.74, 6) is 5.63. The molecular weight excluding hydrogens is 234 g/mol. The van der Waals surface area contributed by atoms with Crippen molar-refractivity contribution in [1.82, 2.24) is 0 Å². The first-order chi connectivity index (χ1) is 9.13. The Morgan fingerprint density at radius 1 is 1.05 bits per heavy atom. The molecule has 2 rings (SSSR count). The molecule has 98 valence electrons. The molecule has 0 aliphatic carbocycles. The van der Waals surface area contributed by atoms with Gasteiger partial charge in [-0.1, -0.05) is 42.0 Å². The van der Waals surface area contributed by atoms with Crippen LogP contribution in [0.5, 0.6) is 0 Å². The lowest BCUT2D eigenvalue weighted by Gasteiger charge is -2.19. The SMILES string of the molecule is Cc1ccc(N(C)C)c(/C(=N/N)c2ccccc2)c1. The molecule has 0 heterocycles. The Balaban J connectivity index is 2.59. The highest BCUT2D eigenvalue weighted by atomic mass is 15.1. The predicted molar refractivity (Wildman–Crippen MR) is 81.8 cm³/mol. The molecule has 0 unspecified atom stereocenters. The van der Waals surface area contributed by atoms with Gasteiger partial charge in [0.1, 0.15) is 0 Å². The lowest BCUT2D eigenvalue weighted by atomic mass is 9.98. The Labute approximate surface area is 114 Å². The minimum Gasteiger partial charge on any atom is -0.377 e. The summed E-state index contributed by atoms with van der Waals surface area (Å²) in [7, 11) is 4.04. The van der Waals surface area contributed by atoms with Gasteiger partial charge < -0.3 is 10.7 Å². The number of hydrazone groups is 1. The Bertz CT molecular complexity index is 586. The van der Waals surface area contributed by atoms with Crippen molar-refractivity contribution in [3.8, 4) is 0 Å². The van der Waals surface area contributed by atoms with Gasteiger partial charge >= 0.3 is 0 Å². The predicted octanol–water partition coefficient (Wildman–Crippen LogP) is 2.77. The van der Waals surface area contributed by atoms with Crippen molar-refractivity contribution < 1.29 is 0 Å². The Morgan fingerprint density at radius 2 is 1.74 bits per heavy atom. The van der Waals surface area contributed by atoms with Gasteiger partial charge in [-0.2, -0.15) is 5.10 Å². The molecule has 0 radical (unpaired) electrons. The summed E-state index contributed by atoms with van der Waals surface area (Å²) in [6.45, 7) is 2.07. The quantitative estimate of drug-likeness (QED) is 0.519. The molecule has 3 heteroatoms. The van der Waals surface area contributed by atoms with Crippen LogP contribution in [0.2, 0.25) is 0 Å². The fourth-order valence-corrected chi connectivity index (χ4v) is 2.13. The van der Waals surface area contributed by atoms with E-state index >= 15 is 0 Å². The molecular formula is C16H19N3. The molecule has 2 N–H and O–H groups in total. The second-order valence-corrected chi connectivity index (χ2v) is 4.76. The molecule has 2 aromatic rings. The van der Waals surface area contributed by atoms with Gasteiger partial charge in [0.25, 0.3) is 0 Å². The van der Waals surface area contributed by atoms with Crippen LogP contribution in [-0.2, 0) is 0 Å². The zero-order chi connectivity index (χ0) is 13.8. The molecule has 0 aromatic heterocycles. The van der Waals surface area contributed by atoms with Gasteiger partial charge in [0.2, 0.25) is 0 Å². The molecule has 19 heavy (non-hydrogen) atoms. The van der Waals surface area contributed by atoms with E-state index in [9.17, 15) is 0 Å². The summed E-state index contributed by atoms with van der Waals surface area (Å²) in [5.41, 5.74) is 5.20. The Kier molecular flexibility index (Phi) is 3.85. The largest absolute Gasteiger partial charge is 0.377 e. The molecule has 0 aliphatic heterocycles. The second kappa shape index (κ2) is 5.57. The molecule has 2 aromatic carbocycles. The number of benzene rings is 2. The second-order valence-electron chi connectivity index (χ2n) is 4.76. The molecule has 0 amide bonds. The fraction of sp³-hybridized carbons (Fsp3) is 0.188. The van der Waals surface area contributed by atoms with Crippen LogP contribution < -0.4 is 10.7 Å². The van der Waals surface area contributed by atoms with Crippen molar-refractivity contribution in [3.63, 3.8) is 0 Å². The number of hydrogen-bond donors (Lipinski definition) is 1. The van der Waals surface area contributed by atoms with Gasteiger partial charge in [-0.3, -0.25) is 0 Å². The van der Waals surface area contributed by atoms with Crippen LogP contribution in [0.15, 0.2) is 53.6 Å². The first-order valence-electron chi connectivity index (χ1n) is 6.25. The monoisotopic (exact) mass is 253 g/mol. The lowest BCUT2D eigenvalue weighted by Crippen LogP contribution is -2.16. The minimum absolute atomic E-state index is 0.813. The molecule has 0 saturated carbocycles. The van der Waals surface area contributed by atoms with Gasteiger partial charge in [0, 0.05) is 30.9 Å². The van der Waals surface area contributed by atoms with E-state index in [1.807, 2.05) is 44.4 Å². The first-order valence-corrected chi connectivity index (χ1v) is 6.25. The first kappa shape index (κ1) is 13.1. The van der Waals surface area contributed by atoms with Crippen LogP contribution in [0.4, 0.5) is 5.69 Å². The molecule has 0 atom stereocenters. The van der Waals surface area contributed by atoms with E-state index in [0.29, 0.717) is 0 Å². The average Bonchev–Trinajstić information content (AvgIpc) is 2.40. The van der Waals surface area contributed by atoms with Crippen molar-refractivity contribution in [2.75, 3.05) is 19.0 Å². The Morgan fingerprint density at radius 3 is 2.32 bits per heavy atom. The maximum Gasteiger partial charge on any atom is 0.0992 e. The van der Waals surface area contributed by atoms with Gasteiger partial charge in [-0.15, -0.1) is 0 Å². The maximum atomic E-state index is 5.63. The molecule has 0 fully saturated rings. The van der Waals surface area contributed by atoms with Crippen molar-refractivity contribution >= 4 is 11.4 Å². The summed E-state index contributed by atoms with van der Waals surface area (Å²) < 4.78 is 0. The summed E-state index contributed by atoms with van der Waals surface area (Å²) in [6.07, 6.45) is 0. The van der Waals surface area contributed by atoms with E-state index in [2.05, 4.69) is 35.1 Å². The van der Waals surface area contributed by atoms with E-state index in [1.165, 1.54) is 5.56 Å².